The van der Waals surface area contributed by atoms with Gasteiger partial charge in [0, 0.05) is 11.1 Å². The van der Waals surface area contributed by atoms with Crippen molar-refractivity contribution in [3.8, 4) is 16.9 Å². The largest absolute Gasteiger partial charge is 0.491 e. The Morgan fingerprint density at radius 1 is 0.676 bits per heavy atom. The molecule has 2 aromatic carbocycles. The molecule has 2 aromatic rings. The van der Waals surface area contributed by atoms with E-state index in [0.717, 1.165) is 37.5 Å². The Balaban J connectivity index is 1.44. The Kier molecular flexibility index (Phi) is 8.21. The molecule has 0 aromatic heterocycles. The lowest BCUT2D eigenvalue weighted by Crippen LogP contribution is -2.25. The van der Waals surface area contributed by atoms with Crippen LogP contribution < -0.4 is 4.74 Å². The van der Waals surface area contributed by atoms with Crippen molar-refractivity contribution in [2.45, 2.75) is 84.0 Å². The maximum atomic E-state index is 15.1. The van der Waals surface area contributed by atoms with Gasteiger partial charge in [0.05, 0.1) is 6.61 Å². The van der Waals surface area contributed by atoms with E-state index < -0.39 is 23.3 Å². The van der Waals surface area contributed by atoms with Crippen LogP contribution in [0.25, 0.3) is 11.1 Å². The Hall–Kier alpha value is -2.04. The summed E-state index contributed by atoms with van der Waals surface area (Å²) in [7, 11) is 0. The quantitative estimate of drug-likeness (QED) is 0.362. The van der Waals surface area contributed by atoms with Gasteiger partial charge in [0.15, 0.2) is 23.2 Å². The van der Waals surface area contributed by atoms with Gasteiger partial charge in [-0.3, -0.25) is 0 Å². The van der Waals surface area contributed by atoms with Gasteiger partial charge in [0.25, 0.3) is 0 Å². The molecule has 2 aliphatic carbocycles. The molecule has 0 heterocycles. The number of halogens is 4. The summed E-state index contributed by atoms with van der Waals surface area (Å²) in [5.41, 5.74) is -0.206. The molecule has 186 valence electrons. The molecular weight excluding hydrogens is 440 g/mol. The summed E-state index contributed by atoms with van der Waals surface area (Å²) in [6.45, 7) is 4.09. The van der Waals surface area contributed by atoms with Crippen LogP contribution in [0.5, 0.6) is 5.75 Å². The molecule has 0 amide bonds. The van der Waals surface area contributed by atoms with Crippen molar-refractivity contribution < 1.29 is 22.3 Å². The summed E-state index contributed by atoms with van der Waals surface area (Å²) in [4.78, 5) is 0. The summed E-state index contributed by atoms with van der Waals surface area (Å²) in [6, 6.07) is 5.43. The van der Waals surface area contributed by atoms with Gasteiger partial charge in [-0.15, -0.1) is 0 Å². The fourth-order valence-corrected chi connectivity index (χ4v) is 6.35. The summed E-state index contributed by atoms with van der Waals surface area (Å²) >= 11 is 0. The monoisotopic (exact) mass is 476 g/mol. The van der Waals surface area contributed by atoms with Crippen molar-refractivity contribution in [1.82, 2.24) is 0 Å². The molecule has 0 spiro atoms. The smallest absolute Gasteiger partial charge is 0.201 e. The standard InChI is InChI=1S/C29H36F4O/c1-3-5-18-6-8-19(9-7-18)20-10-12-21(13-11-20)22-14-15-23(27(31)26(22)30)24-16-17-25(34-4-2)29(33)28(24)32/h14-21H,3-13H2,1-2H3. The Bertz CT molecular complexity index is 973. The van der Waals surface area contributed by atoms with Crippen molar-refractivity contribution in [2.75, 3.05) is 6.61 Å². The van der Waals surface area contributed by atoms with Crippen molar-refractivity contribution >= 4 is 0 Å². The molecule has 0 unspecified atom stereocenters. The van der Waals surface area contributed by atoms with Gasteiger partial charge < -0.3 is 4.74 Å². The first-order chi connectivity index (χ1) is 16.4. The maximum absolute atomic E-state index is 15.1. The minimum absolute atomic E-state index is 0.0295. The Morgan fingerprint density at radius 2 is 1.24 bits per heavy atom. The van der Waals surface area contributed by atoms with Crippen LogP contribution in [0, 0.1) is 41.0 Å². The van der Waals surface area contributed by atoms with Crippen molar-refractivity contribution in [1.29, 1.82) is 0 Å². The van der Waals surface area contributed by atoms with Crippen molar-refractivity contribution in [3.05, 3.63) is 53.1 Å². The number of ether oxygens (including phenoxy) is 1. The molecule has 0 saturated heterocycles. The van der Waals surface area contributed by atoms with E-state index in [0.29, 0.717) is 11.5 Å². The molecule has 4 rings (SSSR count). The fraction of sp³-hybridized carbons (Fsp3) is 0.586. The van der Waals surface area contributed by atoms with Crippen molar-refractivity contribution in [3.63, 3.8) is 0 Å². The molecule has 0 N–H and O–H groups in total. The van der Waals surface area contributed by atoms with Crippen molar-refractivity contribution in [2.24, 2.45) is 17.8 Å². The minimum atomic E-state index is -1.23. The topological polar surface area (TPSA) is 9.23 Å². The number of hydrogen-bond donors (Lipinski definition) is 0. The van der Waals surface area contributed by atoms with Gasteiger partial charge in [-0.1, -0.05) is 44.7 Å². The lowest BCUT2D eigenvalue weighted by atomic mass is 9.68. The van der Waals surface area contributed by atoms with Gasteiger partial charge in [-0.2, -0.15) is 4.39 Å². The first-order valence-electron chi connectivity index (χ1n) is 13.0. The van der Waals surface area contributed by atoms with Crippen LogP contribution >= 0.6 is 0 Å². The molecule has 2 saturated carbocycles. The fourth-order valence-electron chi connectivity index (χ4n) is 6.35. The number of benzene rings is 2. The zero-order chi connectivity index (χ0) is 24.2. The third kappa shape index (κ3) is 5.13. The highest BCUT2D eigenvalue weighted by molar-refractivity contribution is 5.66. The van der Waals surface area contributed by atoms with Crippen LogP contribution in [0.1, 0.15) is 89.5 Å². The molecular formula is C29H36F4O. The number of rotatable bonds is 7. The molecule has 2 aliphatic rings. The molecule has 34 heavy (non-hydrogen) atoms. The zero-order valence-corrected chi connectivity index (χ0v) is 20.3. The number of hydrogen-bond acceptors (Lipinski definition) is 1. The summed E-state index contributed by atoms with van der Waals surface area (Å²) in [5.74, 6) is -2.39. The molecule has 0 bridgehead atoms. The maximum Gasteiger partial charge on any atom is 0.201 e. The molecule has 0 radical (unpaired) electrons. The average molecular weight is 477 g/mol. The third-order valence-electron chi connectivity index (χ3n) is 8.22. The third-order valence-corrected chi connectivity index (χ3v) is 8.22. The lowest BCUT2D eigenvalue weighted by Gasteiger charge is -2.38. The Morgan fingerprint density at radius 3 is 1.82 bits per heavy atom. The van der Waals surface area contributed by atoms with E-state index in [1.54, 1.807) is 13.0 Å². The summed E-state index contributed by atoms with van der Waals surface area (Å²) < 4.78 is 64.0. The SMILES string of the molecule is CCCC1CCC(C2CCC(c3ccc(-c4ccc(OCC)c(F)c4F)c(F)c3F)CC2)CC1. The van der Waals surface area contributed by atoms with Gasteiger partial charge in [-0.05, 0) is 86.8 Å². The second kappa shape index (κ2) is 11.1. The van der Waals surface area contributed by atoms with E-state index in [-0.39, 0.29) is 29.4 Å². The normalized spacial score (nSPS) is 25.4. The highest BCUT2D eigenvalue weighted by Gasteiger charge is 2.32. The van der Waals surface area contributed by atoms with Gasteiger partial charge in [0.1, 0.15) is 0 Å². The highest BCUT2D eigenvalue weighted by atomic mass is 19.2. The van der Waals surface area contributed by atoms with Crippen LogP contribution in [-0.2, 0) is 0 Å². The minimum Gasteiger partial charge on any atom is -0.491 e. The molecule has 0 aliphatic heterocycles. The first kappa shape index (κ1) is 25.1. The highest BCUT2D eigenvalue weighted by Crippen LogP contribution is 2.45. The van der Waals surface area contributed by atoms with Crippen LogP contribution in [0.2, 0.25) is 0 Å². The van der Waals surface area contributed by atoms with Gasteiger partial charge >= 0.3 is 0 Å². The van der Waals surface area contributed by atoms with E-state index in [1.165, 1.54) is 56.7 Å². The first-order valence-corrected chi connectivity index (χ1v) is 13.0. The van der Waals surface area contributed by atoms with E-state index in [9.17, 15) is 8.78 Å². The van der Waals surface area contributed by atoms with Crippen LogP contribution in [0.3, 0.4) is 0 Å². The zero-order valence-electron chi connectivity index (χ0n) is 20.3. The molecule has 1 nitrogen and oxygen atoms in total. The van der Waals surface area contributed by atoms with E-state index >= 15 is 8.78 Å². The van der Waals surface area contributed by atoms with E-state index in [1.807, 2.05) is 0 Å². The Labute approximate surface area is 200 Å². The second-order valence-corrected chi connectivity index (χ2v) is 10.2. The molecule has 0 atom stereocenters. The molecule has 5 heteroatoms. The summed E-state index contributed by atoms with van der Waals surface area (Å²) in [5, 5.41) is 0. The van der Waals surface area contributed by atoms with E-state index in [4.69, 9.17) is 4.74 Å². The van der Waals surface area contributed by atoms with Crippen LogP contribution in [-0.4, -0.2) is 6.61 Å². The predicted molar refractivity (Wildman–Crippen MR) is 128 cm³/mol. The predicted octanol–water partition coefficient (Wildman–Crippen LogP) is 9.19. The summed E-state index contributed by atoms with van der Waals surface area (Å²) in [6.07, 6.45) is 11.7. The van der Waals surface area contributed by atoms with Gasteiger partial charge in [0.2, 0.25) is 5.82 Å². The average Bonchev–Trinajstić information content (AvgIpc) is 2.85. The lowest BCUT2D eigenvalue weighted by molar-refractivity contribution is 0.156. The van der Waals surface area contributed by atoms with Crippen LogP contribution in [0.15, 0.2) is 24.3 Å². The molecule has 2 fully saturated rings. The van der Waals surface area contributed by atoms with Gasteiger partial charge in [-0.25, -0.2) is 13.2 Å². The second-order valence-electron chi connectivity index (χ2n) is 10.2. The van der Waals surface area contributed by atoms with Crippen LogP contribution in [0.4, 0.5) is 17.6 Å². The van der Waals surface area contributed by atoms with E-state index in [2.05, 4.69) is 6.92 Å².